The van der Waals surface area contributed by atoms with Gasteiger partial charge in [-0.25, -0.2) is 0 Å². The summed E-state index contributed by atoms with van der Waals surface area (Å²) in [5.41, 5.74) is 1.03. The van der Waals surface area contributed by atoms with Crippen LogP contribution in [0.5, 0.6) is 5.75 Å². The van der Waals surface area contributed by atoms with Gasteiger partial charge in [-0.3, -0.25) is 0 Å². The van der Waals surface area contributed by atoms with Crippen molar-refractivity contribution in [3.8, 4) is 5.75 Å². The molecular weight excluding hydrogens is 224 g/mol. The van der Waals surface area contributed by atoms with Gasteiger partial charge in [-0.2, -0.15) is 8.78 Å². The number of ether oxygens (including phenoxy) is 1. The molecule has 0 bridgehead atoms. The Hall–Kier alpha value is -1.16. The molecule has 17 heavy (non-hydrogen) atoms. The highest BCUT2D eigenvalue weighted by atomic mass is 19.3. The first-order valence-electron chi connectivity index (χ1n) is 6.04. The lowest BCUT2D eigenvalue weighted by Gasteiger charge is -2.17. The minimum atomic E-state index is -2.76. The summed E-state index contributed by atoms with van der Waals surface area (Å²) in [6.45, 7) is -1.77. The Bertz CT molecular complexity index is 349. The quantitative estimate of drug-likeness (QED) is 0.874. The highest BCUT2D eigenvalue weighted by Crippen LogP contribution is 2.26. The van der Waals surface area contributed by atoms with E-state index >= 15 is 0 Å². The molecule has 1 aromatic carbocycles. The van der Waals surface area contributed by atoms with Crippen LogP contribution in [0.2, 0.25) is 0 Å². The molecule has 1 atom stereocenters. The molecule has 4 heteroatoms. The Labute approximate surface area is 100.0 Å². The summed E-state index contributed by atoms with van der Waals surface area (Å²) in [6, 6.07) is 7.25. The van der Waals surface area contributed by atoms with Crippen LogP contribution in [-0.2, 0) is 0 Å². The lowest BCUT2D eigenvalue weighted by atomic mass is 10.0. The van der Waals surface area contributed by atoms with Crippen LogP contribution in [0.4, 0.5) is 8.78 Å². The van der Waals surface area contributed by atoms with Crippen molar-refractivity contribution in [2.24, 2.45) is 0 Å². The van der Waals surface area contributed by atoms with Gasteiger partial charge < -0.3 is 10.1 Å². The number of hydrogen-bond acceptors (Lipinski definition) is 2. The van der Waals surface area contributed by atoms with E-state index in [9.17, 15) is 8.78 Å². The molecule has 94 valence electrons. The fourth-order valence-corrected chi connectivity index (χ4v) is 2.22. The first-order valence-corrected chi connectivity index (χ1v) is 6.04. The molecule has 1 aromatic rings. The molecule has 1 aliphatic heterocycles. The maximum absolute atomic E-state index is 12.1. The van der Waals surface area contributed by atoms with Crippen LogP contribution in [0, 0.1) is 0 Å². The minimum absolute atomic E-state index is 0.239. The second-order valence-electron chi connectivity index (χ2n) is 4.31. The molecule has 0 aliphatic carbocycles. The summed E-state index contributed by atoms with van der Waals surface area (Å²) in [5, 5.41) is 3.44. The molecule has 0 saturated carbocycles. The van der Waals surface area contributed by atoms with Crippen LogP contribution >= 0.6 is 0 Å². The molecule has 0 amide bonds. The van der Waals surface area contributed by atoms with Gasteiger partial charge in [0, 0.05) is 6.04 Å². The zero-order valence-electron chi connectivity index (χ0n) is 9.66. The SMILES string of the molecule is FC(F)Oc1cccc(C2CCCCCN2)c1. The summed E-state index contributed by atoms with van der Waals surface area (Å²) < 4.78 is 28.7. The van der Waals surface area contributed by atoms with Gasteiger partial charge in [0.25, 0.3) is 0 Å². The van der Waals surface area contributed by atoms with Crippen LogP contribution in [0.1, 0.15) is 37.3 Å². The van der Waals surface area contributed by atoms with Crippen molar-refractivity contribution >= 4 is 0 Å². The molecule has 1 unspecified atom stereocenters. The smallest absolute Gasteiger partial charge is 0.387 e. The van der Waals surface area contributed by atoms with E-state index in [1.807, 2.05) is 6.07 Å². The average Bonchev–Trinajstić information content (AvgIpc) is 2.57. The number of rotatable bonds is 3. The molecule has 0 aromatic heterocycles. The highest BCUT2D eigenvalue weighted by molar-refractivity contribution is 5.30. The number of hydrogen-bond donors (Lipinski definition) is 1. The van der Waals surface area contributed by atoms with Gasteiger partial charge in [-0.1, -0.05) is 25.0 Å². The number of halogens is 2. The van der Waals surface area contributed by atoms with Gasteiger partial charge in [-0.05, 0) is 37.1 Å². The standard InChI is InChI=1S/C13H17F2NO/c14-13(15)17-11-6-4-5-10(9-11)12-7-2-1-3-8-16-12/h4-6,9,12-13,16H,1-3,7-8H2. The van der Waals surface area contributed by atoms with Crippen LogP contribution in [-0.4, -0.2) is 13.2 Å². The topological polar surface area (TPSA) is 21.3 Å². The van der Waals surface area contributed by atoms with E-state index in [2.05, 4.69) is 10.1 Å². The molecule has 1 aliphatic rings. The van der Waals surface area contributed by atoms with Gasteiger partial charge in [0.1, 0.15) is 5.75 Å². The molecule has 1 saturated heterocycles. The summed E-state index contributed by atoms with van der Waals surface area (Å²) >= 11 is 0. The van der Waals surface area contributed by atoms with Crippen molar-refractivity contribution < 1.29 is 13.5 Å². The van der Waals surface area contributed by atoms with E-state index in [1.165, 1.54) is 19.3 Å². The second-order valence-corrected chi connectivity index (χ2v) is 4.31. The summed E-state index contributed by atoms with van der Waals surface area (Å²) in [6.07, 6.45) is 4.65. The molecule has 1 fully saturated rings. The predicted molar refractivity (Wildman–Crippen MR) is 62.3 cm³/mol. The van der Waals surface area contributed by atoms with Crippen molar-refractivity contribution in [2.45, 2.75) is 38.3 Å². The van der Waals surface area contributed by atoms with Gasteiger partial charge in [0.05, 0.1) is 0 Å². The van der Waals surface area contributed by atoms with Crippen LogP contribution in [0.3, 0.4) is 0 Å². The van der Waals surface area contributed by atoms with E-state index < -0.39 is 6.61 Å². The maximum Gasteiger partial charge on any atom is 0.387 e. The summed E-state index contributed by atoms with van der Waals surface area (Å²) in [4.78, 5) is 0. The second kappa shape index (κ2) is 5.96. The zero-order valence-corrected chi connectivity index (χ0v) is 9.66. The van der Waals surface area contributed by atoms with Gasteiger partial charge in [-0.15, -0.1) is 0 Å². The Morgan fingerprint density at radius 3 is 2.94 bits per heavy atom. The molecule has 1 heterocycles. The Balaban J connectivity index is 2.08. The average molecular weight is 241 g/mol. The summed E-state index contributed by atoms with van der Waals surface area (Å²) in [5.74, 6) is 0.239. The molecular formula is C13H17F2NO. The lowest BCUT2D eigenvalue weighted by molar-refractivity contribution is -0.0499. The van der Waals surface area contributed by atoms with E-state index in [-0.39, 0.29) is 11.8 Å². The monoisotopic (exact) mass is 241 g/mol. The number of benzene rings is 1. The van der Waals surface area contributed by atoms with Gasteiger partial charge in [0.2, 0.25) is 0 Å². The van der Waals surface area contributed by atoms with E-state index in [0.29, 0.717) is 0 Å². The molecule has 2 rings (SSSR count). The van der Waals surface area contributed by atoms with Crippen molar-refractivity contribution in [3.05, 3.63) is 29.8 Å². The highest BCUT2D eigenvalue weighted by Gasteiger charge is 2.14. The normalized spacial score (nSPS) is 21.2. The van der Waals surface area contributed by atoms with Crippen LogP contribution in [0.25, 0.3) is 0 Å². The molecule has 0 radical (unpaired) electrons. The lowest BCUT2D eigenvalue weighted by Crippen LogP contribution is -2.20. The van der Waals surface area contributed by atoms with Crippen LogP contribution in [0.15, 0.2) is 24.3 Å². The first-order chi connectivity index (χ1) is 8.25. The van der Waals surface area contributed by atoms with Crippen molar-refractivity contribution in [1.29, 1.82) is 0 Å². The van der Waals surface area contributed by atoms with E-state index in [0.717, 1.165) is 18.5 Å². The third kappa shape index (κ3) is 3.66. The first kappa shape index (κ1) is 12.3. The predicted octanol–water partition coefficient (Wildman–Crippen LogP) is 3.49. The van der Waals surface area contributed by atoms with E-state index in [1.54, 1.807) is 18.2 Å². The van der Waals surface area contributed by atoms with Crippen molar-refractivity contribution in [1.82, 2.24) is 5.32 Å². The van der Waals surface area contributed by atoms with Gasteiger partial charge >= 0.3 is 6.61 Å². The minimum Gasteiger partial charge on any atom is -0.435 e. The third-order valence-corrected chi connectivity index (χ3v) is 3.05. The fraction of sp³-hybridized carbons (Fsp3) is 0.538. The fourth-order valence-electron chi connectivity index (χ4n) is 2.22. The van der Waals surface area contributed by atoms with Crippen molar-refractivity contribution in [2.75, 3.05) is 6.54 Å². The maximum atomic E-state index is 12.1. The van der Waals surface area contributed by atoms with Crippen LogP contribution < -0.4 is 10.1 Å². The molecule has 2 nitrogen and oxygen atoms in total. The Kier molecular flexibility index (Phi) is 4.31. The molecule has 1 N–H and O–H groups in total. The summed E-state index contributed by atoms with van der Waals surface area (Å²) in [7, 11) is 0. The number of alkyl halides is 2. The zero-order chi connectivity index (χ0) is 12.1. The van der Waals surface area contributed by atoms with Crippen molar-refractivity contribution in [3.63, 3.8) is 0 Å². The molecule has 0 spiro atoms. The third-order valence-electron chi connectivity index (χ3n) is 3.05. The largest absolute Gasteiger partial charge is 0.435 e. The Morgan fingerprint density at radius 2 is 2.12 bits per heavy atom. The number of nitrogens with one attached hydrogen (secondary N) is 1. The van der Waals surface area contributed by atoms with Gasteiger partial charge in [0.15, 0.2) is 0 Å². The Morgan fingerprint density at radius 1 is 1.24 bits per heavy atom. The van der Waals surface area contributed by atoms with E-state index in [4.69, 9.17) is 0 Å².